The molecule has 0 atom stereocenters. The van der Waals surface area contributed by atoms with Crippen LogP contribution >= 0.6 is 23.1 Å². The topological polar surface area (TPSA) is 73.2 Å². The Morgan fingerprint density at radius 2 is 1.88 bits per heavy atom. The van der Waals surface area contributed by atoms with E-state index in [-0.39, 0.29) is 22.5 Å². The normalized spacial score (nSPS) is 11.0. The van der Waals surface area contributed by atoms with Gasteiger partial charge in [-0.2, -0.15) is 0 Å². The number of anilines is 1. The summed E-state index contributed by atoms with van der Waals surface area (Å²) < 4.78 is 34.5. The molecule has 0 radical (unpaired) electrons. The van der Waals surface area contributed by atoms with Crippen LogP contribution in [0.5, 0.6) is 5.75 Å². The second-order valence-corrected chi connectivity index (χ2v) is 8.45. The van der Waals surface area contributed by atoms with E-state index in [9.17, 15) is 18.4 Å². The number of fused-ring (bicyclic) bond motifs is 1. The first kappa shape index (κ1) is 22.0. The molecule has 0 aliphatic rings. The molecule has 6 nitrogen and oxygen atoms in total. The Kier molecular flexibility index (Phi) is 6.52. The Morgan fingerprint density at radius 1 is 1.16 bits per heavy atom. The van der Waals surface area contributed by atoms with Crippen molar-refractivity contribution in [2.24, 2.45) is 0 Å². The van der Waals surface area contributed by atoms with Gasteiger partial charge in [-0.05, 0) is 54.8 Å². The van der Waals surface area contributed by atoms with Crippen LogP contribution in [0.3, 0.4) is 0 Å². The quantitative estimate of drug-likeness (QED) is 0.307. The third-order valence-corrected chi connectivity index (χ3v) is 6.17. The minimum absolute atomic E-state index is 0.00437. The predicted octanol–water partition coefficient (Wildman–Crippen LogP) is 4.85. The SMILES string of the molecule is CCOc1ccc(NC(=O)CSc2nc3ccsc3c(=O)n2-c2cc(F)cc(F)c2)cc1. The molecule has 2 aromatic heterocycles. The van der Waals surface area contributed by atoms with Gasteiger partial charge in [0, 0.05) is 11.8 Å². The summed E-state index contributed by atoms with van der Waals surface area (Å²) in [6.45, 7) is 2.42. The number of amides is 1. The van der Waals surface area contributed by atoms with E-state index < -0.39 is 17.2 Å². The van der Waals surface area contributed by atoms with Crippen molar-refractivity contribution in [1.29, 1.82) is 0 Å². The van der Waals surface area contributed by atoms with Crippen LogP contribution in [0.4, 0.5) is 14.5 Å². The number of thioether (sulfide) groups is 1. The van der Waals surface area contributed by atoms with Crippen molar-refractivity contribution in [2.45, 2.75) is 12.1 Å². The molecule has 0 saturated heterocycles. The van der Waals surface area contributed by atoms with E-state index in [2.05, 4.69) is 10.3 Å². The highest BCUT2D eigenvalue weighted by Crippen LogP contribution is 2.25. The second-order valence-electron chi connectivity index (χ2n) is 6.59. The van der Waals surface area contributed by atoms with Gasteiger partial charge in [0.2, 0.25) is 5.91 Å². The Balaban J connectivity index is 1.59. The molecule has 4 rings (SSSR count). The molecule has 10 heteroatoms. The average Bonchev–Trinajstić information content (AvgIpc) is 3.22. The molecule has 0 bridgehead atoms. The lowest BCUT2D eigenvalue weighted by molar-refractivity contribution is -0.113. The third kappa shape index (κ3) is 4.81. The van der Waals surface area contributed by atoms with E-state index in [1.165, 1.54) is 11.3 Å². The van der Waals surface area contributed by atoms with E-state index in [4.69, 9.17) is 4.74 Å². The zero-order valence-electron chi connectivity index (χ0n) is 16.8. The number of carbonyl (C=O) groups excluding carboxylic acids is 1. The van der Waals surface area contributed by atoms with Crippen LogP contribution in [0.15, 0.2) is 63.9 Å². The number of hydrogen-bond acceptors (Lipinski definition) is 6. The van der Waals surface area contributed by atoms with Gasteiger partial charge in [0.05, 0.1) is 23.6 Å². The van der Waals surface area contributed by atoms with Crippen LogP contribution in [0.1, 0.15) is 6.92 Å². The zero-order chi connectivity index (χ0) is 22.7. The molecule has 1 N–H and O–H groups in total. The zero-order valence-corrected chi connectivity index (χ0v) is 18.4. The number of carbonyl (C=O) groups is 1. The smallest absolute Gasteiger partial charge is 0.276 e. The summed E-state index contributed by atoms with van der Waals surface area (Å²) in [5.41, 5.74) is 0.599. The van der Waals surface area contributed by atoms with Gasteiger partial charge in [-0.15, -0.1) is 11.3 Å². The predicted molar refractivity (Wildman–Crippen MR) is 122 cm³/mol. The fourth-order valence-corrected chi connectivity index (χ4v) is 4.59. The number of aromatic nitrogens is 2. The molecule has 2 aromatic carbocycles. The lowest BCUT2D eigenvalue weighted by Gasteiger charge is -2.12. The molecule has 4 aromatic rings. The van der Waals surface area contributed by atoms with Gasteiger partial charge < -0.3 is 10.1 Å². The Hall–Kier alpha value is -3.24. The molecule has 32 heavy (non-hydrogen) atoms. The fraction of sp³-hybridized carbons (Fsp3) is 0.136. The number of ether oxygens (including phenoxy) is 1. The van der Waals surface area contributed by atoms with Gasteiger partial charge in [-0.3, -0.25) is 14.2 Å². The van der Waals surface area contributed by atoms with Gasteiger partial charge in [0.25, 0.3) is 5.56 Å². The van der Waals surface area contributed by atoms with E-state index in [1.807, 2.05) is 6.92 Å². The summed E-state index contributed by atoms with van der Waals surface area (Å²) in [6.07, 6.45) is 0. The number of thiophene rings is 1. The van der Waals surface area contributed by atoms with E-state index in [0.29, 0.717) is 28.3 Å². The molecular weight excluding hydrogens is 456 g/mol. The first-order valence-corrected chi connectivity index (χ1v) is 11.4. The summed E-state index contributed by atoms with van der Waals surface area (Å²) in [4.78, 5) is 29.9. The van der Waals surface area contributed by atoms with Crippen molar-refractivity contribution in [3.63, 3.8) is 0 Å². The molecule has 164 valence electrons. The summed E-state index contributed by atoms with van der Waals surface area (Å²) in [5.74, 6) is -1.33. The van der Waals surface area contributed by atoms with Crippen molar-refractivity contribution in [3.05, 3.63) is 75.9 Å². The average molecular weight is 474 g/mol. The van der Waals surface area contributed by atoms with Crippen LogP contribution in [0.25, 0.3) is 15.9 Å². The minimum Gasteiger partial charge on any atom is -0.494 e. The Bertz CT molecular complexity index is 1320. The Morgan fingerprint density at radius 3 is 2.56 bits per heavy atom. The molecule has 2 heterocycles. The highest BCUT2D eigenvalue weighted by Gasteiger charge is 2.17. The van der Waals surface area contributed by atoms with Crippen molar-refractivity contribution < 1.29 is 18.3 Å². The fourth-order valence-electron chi connectivity index (χ4n) is 3.01. The Labute approximate surface area is 189 Å². The molecule has 0 spiro atoms. The minimum atomic E-state index is -0.817. The maximum absolute atomic E-state index is 13.8. The van der Waals surface area contributed by atoms with Gasteiger partial charge in [0.1, 0.15) is 22.1 Å². The van der Waals surface area contributed by atoms with Crippen molar-refractivity contribution in [2.75, 3.05) is 17.7 Å². The van der Waals surface area contributed by atoms with Crippen LogP contribution < -0.4 is 15.6 Å². The molecular formula is C22H17F2N3O3S2. The van der Waals surface area contributed by atoms with Crippen molar-refractivity contribution in [3.8, 4) is 11.4 Å². The number of benzene rings is 2. The van der Waals surface area contributed by atoms with Gasteiger partial charge >= 0.3 is 0 Å². The van der Waals surface area contributed by atoms with E-state index in [1.54, 1.807) is 35.7 Å². The number of nitrogens with one attached hydrogen (secondary N) is 1. The van der Waals surface area contributed by atoms with Crippen LogP contribution in [0.2, 0.25) is 0 Å². The van der Waals surface area contributed by atoms with Crippen molar-refractivity contribution in [1.82, 2.24) is 9.55 Å². The maximum atomic E-state index is 13.8. The highest BCUT2D eigenvalue weighted by molar-refractivity contribution is 7.99. The molecule has 0 aliphatic heterocycles. The van der Waals surface area contributed by atoms with Crippen LogP contribution in [0, 0.1) is 11.6 Å². The van der Waals surface area contributed by atoms with Gasteiger partial charge in [-0.1, -0.05) is 11.8 Å². The summed E-state index contributed by atoms with van der Waals surface area (Å²) in [7, 11) is 0. The van der Waals surface area contributed by atoms with Gasteiger partial charge in [0.15, 0.2) is 5.16 Å². The lowest BCUT2D eigenvalue weighted by Crippen LogP contribution is -2.22. The van der Waals surface area contributed by atoms with Crippen LogP contribution in [-0.2, 0) is 4.79 Å². The van der Waals surface area contributed by atoms with E-state index in [0.717, 1.165) is 34.5 Å². The summed E-state index contributed by atoms with van der Waals surface area (Å²) in [5, 5.41) is 4.63. The second kappa shape index (κ2) is 9.49. The lowest BCUT2D eigenvalue weighted by atomic mass is 10.3. The van der Waals surface area contributed by atoms with E-state index >= 15 is 0 Å². The molecule has 0 saturated carbocycles. The first-order valence-electron chi connectivity index (χ1n) is 9.57. The summed E-state index contributed by atoms with van der Waals surface area (Å²) >= 11 is 2.19. The number of halogens is 2. The number of rotatable bonds is 7. The molecule has 0 unspecified atom stereocenters. The molecule has 0 aliphatic carbocycles. The number of nitrogens with zero attached hydrogens (tertiary/aromatic N) is 2. The molecule has 0 fully saturated rings. The van der Waals surface area contributed by atoms with Crippen molar-refractivity contribution >= 4 is 44.9 Å². The van der Waals surface area contributed by atoms with Crippen LogP contribution in [-0.4, -0.2) is 27.8 Å². The molecule has 1 amide bonds. The maximum Gasteiger partial charge on any atom is 0.276 e. The van der Waals surface area contributed by atoms with Gasteiger partial charge in [-0.25, -0.2) is 13.8 Å². The third-order valence-electron chi connectivity index (χ3n) is 4.34. The highest BCUT2D eigenvalue weighted by atomic mass is 32.2. The number of hydrogen-bond donors (Lipinski definition) is 1. The summed E-state index contributed by atoms with van der Waals surface area (Å²) in [6, 6.07) is 11.4. The first-order chi connectivity index (χ1) is 15.4. The standard InChI is InChI=1S/C22H17F2N3O3S2/c1-2-30-17-5-3-15(4-6-17)25-19(28)12-32-22-26-18-7-8-31-20(18)21(29)27(22)16-10-13(23)9-14(24)11-16/h3-11H,2,12H2,1H3,(H,25,28). The monoisotopic (exact) mass is 473 g/mol. The largest absolute Gasteiger partial charge is 0.494 e.